The molecule has 0 fully saturated rings. The molecule has 0 aliphatic carbocycles. The number of pyridine rings is 1. The molecule has 0 saturated heterocycles. The van der Waals surface area contributed by atoms with Crippen LogP contribution in [0.25, 0.3) is 0 Å². The Morgan fingerprint density at radius 3 is 2.20 bits per heavy atom. The van der Waals surface area contributed by atoms with Crippen molar-refractivity contribution in [1.29, 1.82) is 0 Å². The van der Waals surface area contributed by atoms with Crippen LogP contribution in [0.3, 0.4) is 0 Å². The standard InChI is InChI=1S/C7H2BrF6N/c8-2-1-3(9)15-5(7(12,13)14)4(2)6(10)11/h1,6H. The summed E-state index contributed by atoms with van der Waals surface area (Å²) in [7, 11) is 0. The smallest absolute Gasteiger partial charge is 0.215 e. The summed E-state index contributed by atoms with van der Waals surface area (Å²) in [5.41, 5.74) is -3.27. The second-order valence-corrected chi connectivity index (χ2v) is 3.34. The molecule has 1 aromatic rings. The highest BCUT2D eigenvalue weighted by molar-refractivity contribution is 9.10. The Kier molecular flexibility index (Phi) is 3.27. The third-order valence-corrected chi connectivity index (χ3v) is 2.12. The van der Waals surface area contributed by atoms with Gasteiger partial charge in [-0.05, 0) is 0 Å². The van der Waals surface area contributed by atoms with Crippen LogP contribution < -0.4 is 0 Å². The maximum Gasteiger partial charge on any atom is 0.433 e. The number of hydrogen-bond acceptors (Lipinski definition) is 1. The van der Waals surface area contributed by atoms with E-state index in [0.717, 1.165) is 0 Å². The number of aromatic nitrogens is 1. The van der Waals surface area contributed by atoms with Crippen molar-refractivity contribution in [3.05, 3.63) is 27.7 Å². The third-order valence-electron chi connectivity index (χ3n) is 1.46. The van der Waals surface area contributed by atoms with Gasteiger partial charge in [-0.1, -0.05) is 15.9 Å². The van der Waals surface area contributed by atoms with Crippen LogP contribution in [0.4, 0.5) is 26.3 Å². The van der Waals surface area contributed by atoms with Gasteiger partial charge in [-0.25, -0.2) is 13.8 Å². The molecule has 1 aromatic heterocycles. The number of hydrogen-bond donors (Lipinski definition) is 0. The van der Waals surface area contributed by atoms with Crippen LogP contribution in [-0.2, 0) is 6.18 Å². The lowest BCUT2D eigenvalue weighted by molar-refractivity contribution is -0.143. The Bertz CT molecular complexity index is 374. The van der Waals surface area contributed by atoms with Crippen LogP contribution >= 0.6 is 15.9 Å². The van der Waals surface area contributed by atoms with Gasteiger partial charge in [-0.2, -0.15) is 17.6 Å². The summed E-state index contributed by atoms with van der Waals surface area (Å²) in [5.74, 6) is -1.47. The van der Waals surface area contributed by atoms with Crippen molar-refractivity contribution in [2.75, 3.05) is 0 Å². The van der Waals surface area contributed by atoms with Crippen LogP contribution in [0, 0.1) is 5.95 Å². The molecule has 0 N–H and O–H groups in total. The normalized spacial score (nSPS) is 12.3. The second kappa shape index (κ2) is 3.99. The van der Waals surface area contributed by atoms with E-state index in [2.05, 4.69) is 20.9 Å². The first-order valence-corrected chi connectivity index (χ1v) is 4.24. The predicted octanol–water partition coefficient (Wildman–Crippen LogP) is 3.94. The van der Waals surface area contributed by atoms with Gasteiger partial charge in [0, 0.05) is 10.5 Å². The zero-order valence-electron chi connectivity index (χ0n) is 6.75. The Hall–Kier alpha value is -0.790. The molecule has 8 heteroatoms. The summed E-state index contributed by atoms with van der Waals surface area (Å²) >= 11 is 2.43. The Balaban J connectivity index is 3.47. The van der Waals surface area contributed by atoms with Crippen molar-refractivity contribution >= 4 is 15.9 Å². The topological polar surface area (TPSA) is 12.9 Å². The van der Waals surface area contributed by atoms with Crippen molar-refractivity contribution in [1.82, 2.24) is 4.98 Å². The van der Waals surface area contributed by atoms with E-state index in [1.165, 1.54) is 0 Å². The van der Waals surface area contributed by atoms with Crippen LogP contribution in [0.2, 0.25) is 0 Å². The number of alkyl halides is 5. The van der Waals surface area contributed by atoms with E-state index >= 15 is 0 Å². The van der Waals surface area contributed by atoms with E-state index in [9.17, 15) is 26.3 Å². The molecule has 0 bridgehead atoms. The SMILES string of the molecule is Fc1cc(Br)c(C(F)F)c(C(F)(F)F)n1. The minimum atomic E-state index is -5.11. The molecule has 0 radical (unpaired) electrons. The average Bonchev–Trinajstić information content (AvgIpc) is 1.99. The molecule has 0 saturated carbocycles. The monoisotopic (exact) mass is 293 g/mol. The summed E-state index contributed by atoms with van der Waals surface area (Å²) < 4.78 is 72.9. The average molecular weight is 294 g/mol. The zero-order chi connectivity index (χ0) is 11.8. The maximum atomic E-state index is 12.5. The molecule has 0 aliphatic heterocycles. The minimum absolute atomic E-state index is 0.455. The number of halogens is 7. The van der Waals surface area contributed by atoms with E-state index in [1.807, 2.05) is 0 Å². The maximum absolute atomic E-state index is 12.5. The van der Waals surface area contributed by atoms with Gasteiger partial charge >= 0.3 is 6.18 Å². The molecular weight excluding hydrogens is 292 g/mol. The number of nitrogens with zero attached hydrogens (tertiary/aromatic N) is 1. The minimum Gasteiger partial charge on any atom is -0.215 e. The van der Waals surface area contributed by atoms with Crippen molar-refractivity contribution < 1.29 is 26.3 Å². The van der Waals surface area contributed by atoms with Gasteiger partial charge in [0.05, 0.1) is 5.56 Å². The molecule has 1 nitrogen and oxygen atoms in total. The van der Waals surface area contributed by atoms with E-state index in [1.54, 1.807) is 0 Å². The van der Waals surface area contributed by atoms with E-state index in [0.29, 0.717) is 6.07 Å². The highest BCUT2D eigenvalue weighted by atomic mass is 79.9. The van der Waals surface area contributed by atoms with Gasteiger partial charge in [0.2, 0.25) is 5.95 Å². The molecule has 0 amide bonds. The van der Waals surface area contributed by atoms with Crippen molar-refractivity contribution in [3.63, 3.8) is 0 Å². The third kappa shape index (κ3) is 2.61. The predicted molar refractivity (Wildman–Crippen MR) is 41.9 cm³/mol. The van der Waals surface area contributed by atoms with E-state index in [4.69, 9.17) is 0 Å². The summed E-state index contributed by atoms with van der Waals surface area (Å²) in [6.45, 7) is 0. The summed E-state index contributed by atoms with van der Waals surface area (Å²) in [5, 5.41) is 0. The lowest BCUT2D eigenvalue weighted by Crippen LogP contribution is -2.14. The Labute approximate surface area is 88.2 Å². The van der Waals surface area contributed by atoms with Crippen LogP contribution in [0.15, 0.2) is 10.5 Å². The number of rotatable bonds is 1. The highest BCUT2D eigenvalue weighted by Gasteiger charge is 2.39. The zero-order valence-corrected chi connectivity index (χ0v) is 8.33. The Morgan fingerprint density at radius 1 is 1.27 bits per heavy atom. The lowest BCUT2D eigenvalue weighted by atomic mass is 10.2. The van der Waals surface area contributed by atoms with Gasteiger partial charge in [-0.3, -0.25) is 0 Å². The van der Waals surface area contributed by atoms with Gasteiger partial charge in [0.15, 0.2) is 5.69 Å². The molecular formula is C7H2BrF6N. The van der Waals surface area contributed by atoms with E-state index < -0.39 is 34.3 Å². The molecule has 0 unspecified atom stereocenters. The fraction of sp³-hybridized carbons (Fsp3) is 0.286. The second-order valence-electron chi connectivity index (χ2n) is 2.49. The largest absolute Gasteiger partial charge is 0.433 e. The van der Waals surface area contributed by atoms with Gasteiger partial charge in [0.25, 0.3) is 6.43 Å². The Morgan fingerprint density at radius 2 is 1.80 bits per heavy atom. The van der Waals surface area contributed by atoms with Crippen molar-refractivity contribution in [2.24, 2.45) is 0 Å². The van der Waals surface area contributed by atoms with Gasteiger partial charge in [-0.15, -0.1) is 0 Å². The van der Waals surface area contributed by atoms with Crippen molar-refractivity contribution in [3.8, 4) is 0 Å². The highest BCUT2D eigenvalue weighted by Crippen LogP contribution is 2.38. The van der Waals surface area contributed by atoms with Crippen LogP contribution in [0.1, 0.15) is 17.7 Å². The van der Waals surface area contributed by atoms with Gasteiger partial charge < -0.3 is 0 Å². The van der Waals surface area contributed by atoms with Gasteiger partial charge in [0.1, 0.15) is 0 Å². The summed E-state index contributed by atoms with van der Waals surface area (Å²) in [6, 6.07) is 0.455. The molecule has 0 aromatic carbocycles. The lowest BCUT2D eigenvalue weighted by Gasteiger charge is -2.12. The quantitative estimate of drug-likeness (QED) is 0.564. The fourth-order valence-corrected chi connectivity index (χ4v) is 1.47. The molecule has 0 aliphatic rings. The molecule has 0 atom stereocenters. The molecule has 0 spiro atoms. The first-order valence-electron chi connectivity index (χ1n) is 3.44. The molecule has 15 heavy (non-hydrogen) atoms. The van der Waals surface area contributed by atoms with Crippen molar-refractivity contribution in [2.45, 2.75) is 12.6 Å². The summed E-state index contributed by atoms with van der Waals surface area (Å²) in [6.07, 6.45) is -8.50. The van der Waals surface area contributed by atoms with Crippen LogP contribution in [0.5, 0.6) is 0 Å². The first kappa shape index (κ1) is 12.3. The van der Waals surface area contributed by atoms with E-state index in [-0.39, 0.29) is 0 Å². The molecule has 1 heterocycles. The molecule has 1 rings (SSSR count). The van der Waals surface area contributed by atoms with Crippen LogP contribution in [-0.4, -0.2) is 4.98 Å². The summed E-state index contributed by atoms with van der Waals surface area (Å²) in [4.78, 5) is 2.42. The molecule has 84 valence electrons. The first-order chi connectivity index (χ1) is 6.73. The fourth-order valence-electron chi connectivity index (χ4n) is 0.918.